The molecule has 0 spiro atoms. The number of carbonyl (C=O) groups excluding carboxylic acids is 3. The van der Waals surface area contributed by atoms with Gasteiger partial charge in [0.15, 0.2) is 0 Å². The molecule has 27 heavy (non-hydrogen) atoms. The topological polar surface area (TPSA) is 63.7 Å². The molecule has 0 saturated carbocycles. The number of benzene rings is 3. The van der Waals surface area contributed by atoms with Gasteiger partial charge in [0.05, 0.1) is 22.4 Å². The molecule has 0 aromatic heterocycles. The van der Waals surface area contributed by atoms with Gasteiger partial charge in [-0.1, -0.05) is 35.9 Å². The molecule has 0 N–H and O–H groups in total. The number of fused-ring (bicyclic) bond motifs is 1. The quantitative estimate of drug-likeness (QED) is 0.404. The van der Waals surface area contributed by atoms with Gasteiger partial charge in [-0.3, -0.25) is 9.59 Å². The summed E-state index contributed by atoms with van der Waals surface area (Å²) in [7, 11) is 0. The van der Waals surface area contributed by atoms with Gasteiger partial charge in [0.2, 0.25) is 0 Å². The van der Waals surface area contributed by atoms with Crippen LogP contribution in [0.3, 0.4) is 0 Å². The Morgan fingerprint density at radius 3 is 2.07 bits per heavy atom. The molecule has 0 bridgehead atoms. The van der Waals surface area contributed by atoms with E-state index < -0.39 is 17.8 Å². The molecule has 0 unspecified atom stereocenters. The normalized spacial score (nSPS) is 12.9. The largest absolute Gasteiger partial charge is 0.423 e. The Balaban J connectivity index is 1.60. The molecule has 4 rings (SSSR count). The van der Waals surface area contributed by atoms with Crippen LogP contribution in [-0.4, -0.2) is 17.8 Å². The number of hydrogen-bond acceptors (Lipinski definition) is 4. The fraction of sp³-hybridized carbons (Fsp3) is 0.0455. The maximum atomic E-state index is 12.6. The molecule has 1 heterocycles. The van der Waals surface area contributed by atoms with Gasteiger partial charge in [0, 0.05) is 6.07 Å². The molecule has 0 radical (unpaired) electrons. The summed E-state index contributed by atoms with van der Waals surface area (Å²) < 4.78 is 5.40. The monoisotopic (exact) mass is 357 g/mol. The molecule has 5 nitrogen and oxygen atoms in total. The van der Waals surface area contributed by atoms with E-state index in [2.05, 4.69) is 0 Å². The Bertz CT molecular complexity index is 1030. The summed E-state index contributed by atoms with van der Waals surface area (Å²) in [5, 5.41) is 0. The Morgan fingerprint density at radius 1 is 0.815 bits per heavy atom. The lowest BCUT2D eigenvalue weighted by Crippen LogP contribution is -2.29. The van der Waals surface area contributed by atoms with Crippen molar-refractivity contribution in [1.82, 2.24) is 0 Å². The molecule has 2 amide bonds. The van der Waals surface area contributed by atoms with Crippen LogP contribution in [0.25, 0.3) is 0 Å². The third-order valence-electron chi connectivity index (χ3n) is 4.37. The van der Waals surface area contributed by atoms with Crippen LogP contribution in [0.5, 0.6) is 5.75 Å². The fourth-order valence-corrected chi connectivity index (χ4v) is 2.97. The van der Waals surface area contributed by atoms with Crippen molar-refractivity contribution in [3.05, 3.63) is 95.1 Å². The van der Waals surface area contributed by atoms with Gasteiger partial charge in [-0.25, -0.2) is 9.69 Å². The van der Waals surface area contributed by atoms with Crippen molar-refractivity contribution in [1.29, 1.82) is 0 Å². The summed E-state index contributed by atoms with van der Waals surface area (Å²) in [5.74, 6) is -1.03. The second-order valence-electron chi connectivity index (χ2n) is 6.24. The zero-order valence-corrected chi connectivity index (χ0v) is 14.5. The van der Waals surface area contributed by atoms with Crippen molar-refractivity contribution in [2.24, 2.45) is 0 Å². The highest BCUT2D eigenvalue weighted by atomic mass is 16.5. The minimum Gasteiger partial charge on any atom is -0.423 e. The lowest BCUT2D eigenvalue weighted by molar-refractivity contribution is 0.0734. The Kier molecular flexibility index (Phi) is 4.05. The molecule has 1 aliphatic rings. The molecule has 0 saturated heterocycles. The Labute approximate surface area is 155 Å². The average Bonchev–Trinajstić information content (AvgIpc) is 2.93. The van der Waals surface area contributed by atoms with E-state index in [1.165, 1.54) is 6.07 Å². The van der Waals surface area contributed by atoms with Crippen LogP contribution in [0.2, 0.25) is 0 Å². The highest BCUT2D eigenvalue weighted by molar-refractivity contribution is 6.34. The number of hydrogen-bond donors (Lipinski definition) is 0. The van der Waals surface area contributed by atoms with E-state index >= 15 is 0 Å². The van der Waals surface area contributed by atoms with Crippen LogP contribution in [-0.2, 0) is 0 Å². The maximum absolute atomic E-state index is 12.6. The van der Waals surface area contributed by atoms with E-state index in [0.717, 1.165) is 10.5 Å². The van der Waals surface area contributed by atoms with E-state index in [4.69, 9.17) is 4.74 Å². The van der Waals surface area contributed by atoms with E-state index in [-0.39, 0.29) is 5.75 Å². The summed E-state index contributed by atoms with van der Waals surface area (Å²) >= 11 is 0. The molecule has 3 aromatic carbocycles. The number of esters is 1. The van der Waals surface area contributed by atoms with Crippen LogP contribution in [0.4, 0.5) is 5.69 Å². The van der Waals surface area contributed by atoms with E-state index in [1.807, 2.05) is 19.1 Å². The first-order chi connectivity index (χ1) is 13.0. The van der Waals surface area contributed by atoms with Crippen LogP contribution >= 0.6 is 0 Å². The number of anilines is 1. The second kappa shape index (κ2) is 6.53. The number of aryl methyl sites for hydroxylation is 1. The number of rotatable bonds is 3. The number of ether oxygens (including phenoxy) is 1. The summed E-state index contributed by atoms with van der Waals surface area (Å²) in [5.41, 5.74) is 2.55. The fourth-order valence-electron chi connectivity index (χ4n) is 2.97. The Morgan fingerprint density at radius 2 is 1.44 bits per heavy atom. The lowest BCUT2D eigenvalue weighted by atomic mass is 10.1. The van der Waals surface area contributed by atoms with Crippen LogP contribution in [0, 0.1) is 6.92 Å². The molecular weight excluding hydrogens is 342 g/mol. The van der Waals surface area contributed by atoms with Crippen LogP contribution in [0.1, 0.15) is 36.6 Å². The van der Waals surface area contributed by atoms with Crippen LogP contribution < -0.4 is 9.64 Å². The summed E-state index contributed by atoms with van der Waals surface area (Å²) in [6.07, 6.45) is 0. The van der Waals surface area contributed by atoms with Gasteiger partial charge < -0.3 is 4.74 Å². The maximum Gasteiger partial charge on any atom is 0.343 e. The summed E-state index contributed by atoms with van der Waals surface area (Å²) in [6, 6.07) is 20.1. The number of imide groups is 1. The van der Waals surface area contributed by atoms with Gasteiger partial charge in [-0.05, 0) is 43.3 Å². The minimum atomic E-state index is -0.505. The van der Waals surface area contributed by atoms with E-state index in [9.17, 15) is 14.4 Å². The van der Waals surface area contributed by atoms with Gasteiger partial charge in [-0.2, -0.15) is 0 Å². The molecule has 3 aromatic rings. The van der Waals surface area contributed by atoms with Gasteiger partial charge >= 0.3 is 5.97 Å². The zero-order valence-electron chi connectivity index (χ0n) is 14.5. The summed E-state index contributed by atoms with van der Waals surface area (Å²) in [6.45, 7) is 1.93. The molecular formula is C22H15NO4. The average molecular weight is 357 g/mol. The molecule has 132 valence electrons. The smallest absolute Gasteiger partial charge is 0.343 e. The first-order valence-corrected chi connectivity index (χ1v) is 8.41. The molecule has 0 aliphatic carbocycles. The number of nitrogens with zero attached hydrogens (tertiary/aromatic N) is 1. The molecule has 0 fully saturated rings. The zero-order chi connectivity index (χ0) is 19.0. The lowest BCUT2D eigenvalue weighted by Gasteiger charge is -2.15. The predicted molar refractivity (Wildman–Crippen MR) is 100 cm³/mol. The Hall–Kier alpha value is -3.73. The number of amides is 2. The third-order valence-corrected chi connectivity index (χ3v) is 4.37. The van der Waals surface area contributed by atoms with Crippen LogP contribution in [0.15, 0.2) is 72.8 Å². The van der Waals surface area contributed by atoms with Crippen molar-refractivity contribution in [3.63, 3.8) is 0 Å². The minimum absolute atomic E-state index is 0.259. The van der Waals surface area contributed by atoms with Crippen molar-refractivity contribution in [3.8, 4) is 5.75 Å². The molecule has 1 aliphatic heterocycles. The van der Waals surface area contributed by atoms with Crippen molar-refractivity contribution in [2.45, 2.75) is 6.92 Å². The molecule has 0 atom stereocenters. The predicted octanol–water partition coefficient (Wildman–Crippen LogP) is 4.01. The van der Waals surface area contributed by atoms with Crippen molar-refractivity contribution >= 4 is 23.5 Å². The third kappa shape index (κ3) is 3.00. The van der Waals surface area contributed by atoms with E-state index in [0.29, 0.717) is 22.4 Å². The highest BCUT2D eigenvalue weighted by Gasteiger charge is 2.36. The standard InChI is InChI=1S/C22H15NO4/c1-14-9-11-15(12-10-14)22(26)27-17-6-4-5-16(13-17)23-20(24)18-7-2-3-8-19(18)21(23)25/h2-13H,1H3. The van der Waals surface area contributed by atoms with Gasteiger partial charge in [0.25, 0.3) is 11.8 Å². The first-order valence-electron chi connectivity index (χ1n) is 8.41. The van der Waals surface area contributed by atoms with Crippen molar-refractivity contribution in [2.75, 3.05) is 4.90 Å². The van der Waals surface area contributed by atoms with Crippen molar-refractivity contribution < 1.29 is 19.1 Å². The SMILES string of the molecule is Cc1ccc(C(=O)Oc2cccc(N3C(=O)c4ccccc4C3=O)c2)cc1. The molecule has 5 heteroatoms. The number of carbonyl (C=O) groups is 3. The highest BCUT2D eigenvalue weighted by Crippen LogP contribution is 2.30. The first kappa shape index (κ1) is 16.7. The second-order valence-corrected chi connectivity index (χ2v) is 6.24. The van der Waals surface area contributed by atoms with Gasteiger partial charge in [0.1, 0.15) is 5.75 Å². The summed E-state index contributed by atoms with van der Waals surface area (Å²) in [4.78, 5) is 38.6. The van der Waals surface area contributed by atoms with E-state index in [1.54, 1.807) is 54.6 Å². The van der Waals surface area contributed by atoms with Gasteiger partial charge in [-0.15, -0.1) is 0 Å².